The number of carbonyl (C=O) groups is 1. The predicted octanol–water partition coefficient (Wildman–Crippen LogP) is 2.65. The van der Waals surface area contributed by atoms with Crippen molar-refractivity contribution in [2.24, 2.45) is 0 Å². The summed E-state index contributed by atoms with van der Waals surface area (Å²) in [6.07, 6.45) is 0.974. The van der Waals surface area contributed by atoms with Gasteiger partial charge in [0.1, 0.15) is 5.82 Å². The Labute approximate surface area is 145 Å². The molecule has 0 saturated carbocycles. The van der Waals surface area contributed by atoms with Gasteiger partial charge in [0.2, 0.25) is 5.91 Å². The summed E-state index contributed by atoms with van der Waals surface area (Å²) in [5.74, 6) is 0.0583. The van der Waals surface area contributed by atoms with Crippen LogP contribution in [0.25, 0.3) is 0 Å². The first-order valence-electron chi connectivity index (χ1n) is 8.22. The van der Waals surface area contributed by atoms with Crippen molar-refractivity contribution in [1.29, 1.82) is 0 Å². The summed E-state index contributed by atoms with van der Waals surface area (Å²) in [4.78, 5) is 11.8. The number of benzene rings is 2. The smallest absolute Gasteiger partial charge is 0.220 e. The molecule has 1 aliphatic rings. The number of carbonyl (C=O) groups excluding carboxylic acids is 1. The van der Waals surface area contributed by atoms with Crippen molar-refractivity contribution in [3.8, 4) is 11.5 Å². The van der Waals surface area contributed by atoms with Crippen molar-refractivity contribution in [2.75, 3.05) is 7.11 Å². The second-order valence-electron chi connectivity index (χ2n) is 6.06. The number of nitrogens with one attached hydrogen (secondary N) is 2. The number of aromatic hydroxyl groups is 1. The Kier molecular flexibility index (Phi) is 5.19. The van der Waals surface area contributed by atoms with Crippen LogP contribution in [-0.2, 0) is 11.3 Å². The zero-order valence-corrected chi connectivity index (χ0v) is 14.0. The summed E-state index contributed by atoms with van der Waals surface area (Å²) in [5, 5.41) is 16.4. The highest BCUT2D eigenvalue weighted by molar-refractivity contribution is 5.77. The third kappa shape index (κ3) is 3.74. The molecule has 1 amide bonds. The molecule has 2 atom stereocenters. The van der Waals surface area contributed by atoms with Crippen molar-refractivity contribution in [2.45, 2.75) is 31.5 Å². The number of hydrogen-bond acceptors (Lipinski definition) is 4. The van der Waals surface area contributed by atoms with Crippen molar-refractivity contribution in [3.63, 3.8) is 0 Å². The molecular weight excluding hydrogens is 323 g/mol. The van der Waals surface area contributed by atoms with Crippen LogP contribution in [0.2, 0.25) is 0 Å². The topological polar surface area (TPSA) is 70.6 Å². The second-order valence-corrected chi connectivity index (χ2v) is 6.06. The molecule has 0 spiro atoms. The monoisotopic (exact) mass is 344 g/mol. The molecule has 1 saturated heterocycles. The lowest BCUT2D eigenvalue weighted by atomic mass is 9.91. The minimum absolute atomic E-state index is 0.0831. The average molecular weight is 344 g/mol. The van der Waals surface area contributed by atoms with E-state index < -0.39 is 6.04 Å². The zero-order chi connectivity index (χ0) is 17.8. The fraction of sp³-hybridized carbons (Fsp3) is 0.316. The highest BCUT2D eigenvalue weighted by Crippen LogP contribution is 2.31. The number of phenolic OH excluding ortho intramolecular Hbond substituents is 1. The molecule has 0 unspecified atom stereocenters. The Morgan fingerprint density at radius 3 is 2.84 bits per heavy atom. The van der Waals surface area contributed by atoms with Gasteiger partial charge in [-0.3, -0.25) is 4.79 Å². The molecule has 3 rings (SSSR count). The van der Waals surface area contributed by atoms with Gasteiger partial charge in [0.05, 0.1) is 13.2 Å². The number of phenols is 1. The van der Waals surface area contributed by atoms with Crippen molar-refractivity contribution < 1.29 is 19.0 Å². The van der Waals surface area contributed by atoms with Crippen molar-refractivity contribution in [1.82, 2.24) is 10.6 Å². The first kappa shape index (κ1) is 17.2. The summed E-state index contributed by atoms with van der Waals surface area (Å²) in [6, 6.07) is 11.1. The Morgan fingerprint density at radius 1 is 1.28 bits per heavy atom. The maximum atomic E-state index is 14.2. The van der Waals surface area contributed by atoms with Gasteiger partial charge in [0, 0.05) is 30.1 Å². The minimum Gasteiger partial charge on any atom is -0.504 e. The Bertz CT molecular complexity index is 766. The van der Waals surface area contributed by atoms with Crippen LogP contribution in [0.4, 0.5) is 4.39 Å². The molecule has 2 aromatic carbocycles. The number of rotatable bonds is 5. The van der Waals surface area contributed by atoms with Crippen LogP contribution in [0.5, 0.6) is 11.5 Å². The molecular formula is C19H21FN2O3. The molecule has 1 heterocycles. The van der Waals surface area contributed by atoms with Gasteiger partial charge in [-0.05, 0) is 18.6 Å². The van der Waals surface area contributed by atoms with E-state index >= 15 is 0 Å². The highest BCUT2D eigenvalue weighted by atomic mass is 19.1. The van der Waals surface area contributed by atoms with Gasteiger partial charge in [0.15, 0.2) is 11.5 Å². The zero-order valence-electron chi connectivity index (χ0n) is 14.0. The van der Waals surface area contributed by atoms with Gasteiger partial charge in [-0.15, -0.1) is 0 Å². The fourth-order valence-electron chi connectivity index (χ4n) is 3.16. The van der Waals surface area contributed by atoms with Crippen LogP contribution in [0.15, 0.2) is 42.5 Å². The minimum atomic E-state index is -0.449. The largest absolute Gasteiger partial charge is 0.504 e. The van der Waals surface area contributed by atoms with Gasteiger partial charge >= 0.3 is 0 Å². The summed E-state index contributed by atoms with van der Waals surface area (Å²) >= 11 is 0. The predicted molar refractivity (Wildman–Crippen MR) is 91.8 cm³/mol. The van der Waals surface area contributed by atoms with E-state index in [4.69, 9.17) is 4.74 Å². The van der Waals surface area contributed by atoms with Gasteiger partial charge in [0.25, 0.3) is 0 Å². The van der Waals surface area contributed by atoms with E-state index in [1.54, 1.807) is 36.4 Å². The third-order valence-corrected chi connectivity index (χ3v) is 4.50. The molecule has 3 N–H and O–H groups in total. The molecule has 1 aliphatic heterocycles. The van der Waals surface area contributed by atoms with Crippen LogP contribution in [0.1, 0.15) is 30.0 Å². The molecule has 0 radical (unpaired) electrons. The number of hydrogen-bond donors (Lipinski definition) is 3. The second kappa shape index (κ2) is 7.53. The number of piperidine rings is 1. The van der Waals surface area contributed by atoms with E-state index in [0.717, 1.165) is 0 Å². The highest BCUT2D eigenvalue weighted by Gasteiger charge is 2.31. The Balaban J connectivity index is 1.78. The van der Waals surface area contributed by atoms with Crippen LogP contribution >= 0.6 is 0 Å². The van der Waals surface area contributed by atoms with E-state index in [1.807, 2.05) is 0 Å². The Morgan fingerprint density at radius 2 is 2.08 bits per heavy atom. The van der Waals surface area contributed by atoms with Crippen LogP contribution in [0, 0.1) is 5.82 Å². The fourth-order valence-corrected chi connectivity index (χ4v) is 3.16. The summed E-state index contributed by atoms with van der Waals surface area (Å²) in [7, 11) is 1.50. The van der Waals surface area contributed by atoms with E-state index in [2.05, 4.69) is 10.6 Å². The van der Waals surface area contributed by atoms with Gasteiger partial charge in [-0.2, -0.15) is 0 Å². The molecule has 0 aromatic heterocycles. The summed E-state index contributed by atoms with van der Waals surface area (Å²) < 4.78 is 19.3. The molecule has 0 aliphatic carbocycles. The van der Waals surface area contributed by atoms with E-state index in [1.165, 1.54) is 13.2 Å². The lowest BCUT2D eigenvalue weighted by Crippen LogP contribution is -2.48. The van der Waals surface area contributed by atoms with E-state index in [9.17, 15) is 14.3 Å². The summed E-state index contributed by atoms with van der Waals surface area (Å²) in [5.41, 5.74) is 1.14. The molecule has 25 heavy (non-hydrogen) atoms. The van der Waals surface area contributed by atoms with Crippen molar-refractivity contribution >= 4 is 5.91 Å². The molecule has 0 bridgehead atoms. The van der Waals surface area contributed by atoms with Crippen LogP contribution < -0.4 is 15.4 Å². The number of halogens is 1. The molecule has 132 valence electrons. The third-order valence-electron chi connectivity index (χ3n) is 4.50. The standard InChI is InChI=1S/C19H21FN2O3/c1-25-16-8-4-5-12(19(16)24)11-21-15-9-10-17(23)22-18(15)13-6-2-3-7-14(13)20/h2-8,15,18,21,24H,9-11H2,1H3,(H,22,23)/t15-,18+/m1/s1. The van der Waals surface area contributed by atoms with Gasteiger partial charge in [-0.1, -0.05) is 30.3 Å². The number of para-hydroxylation sites is 1. The SMILES string of the molecule is COc1cccc(CN[C@@H]2CCC(=O)N[C@H]2c2ccccc2F)c1O. The Hall–Kier alpha value is -2.60. The maximum absolute atomic E-state index is 14.2. The normalized spacial score (nSPS) is 20.2. The first-order valence-corrected chi connectivity index (χ1v) is 8.22. The van der Waals surface area contributed by atoms with Gasteiger partial charge < -0.3 is 20.5 Å². The quantitative estimate of drug-likeness (QED) is 0.780. The number of amides is 1. The number of methoxy groups -OCH3 is 1. The summed E-state index contributed by atoms with van der Waals surface area (Å²) in [6.45, 7) is 0.383. The first-order chi connectivity index (χ1) is 12.1. The molecule has 2 aromatic rings. The van der Waals surface area contributed by atoms with E-state index in [-0.39, 0.29) is 23.5 Å². The maximum Gasteiger partial charge on any atom is 0.220 e. The lowest BCUT2D eigenvalue weighted by Gasteiger charge is -2.33. The average Bonchev–Trinajstić information content (AvgIpc) is 2.62. The van der Waals surface area contributed by atoms with Crippen molar-refractivity contribution in [3.05, 3.63) is 59.4 Å². The van der Waals surface area contributed by atoms with E-state index in [0.29, 0.717) is 36.3 Å². The molecule has 5 nitrogen and oxygen atoms in total. The van der Waals surface area contributed by atoms with Crippen LogP contribution in [0.3, 0.4) is 0 Å². The number of ether oxygens (including phenoxy) is 1. The van der Waals surface area contributed by atoms with Crippen LogP contribution in [-0.4, -0.2) is 24.2 Å². The molecule has 6 heteroatoms. The van der Waals surface area contributed by atoms with Gasteiger partial charge in [-0.25, -0.2) is 4.39 Å². The molecule has 1 fully saturated rings. The lowest BCUT2D eigenvalue weighted by molar-refractivity contribution is -0.123.